The molecule has 2 atom stereocenters. The maximum atomic E-state index is 5.56. The second kappa shape index (κ2) is 1.90. The molecule has 1 heterocycles. The fourth-order valence-electron chi connectivity index (χ4n) is 1.22. The van der Waals surface area contributed by atoms with E-state index in [1.54, 1.807) is 6.26 Å². The van der Waals surface area contributed by atoms with E-state index in [2.05, 4.69) is 6.08 Å². The maximum absolute atomic E-state index is 5.56. The van der Waals surface area contributed by atoms with Gasteiger partial charge in [0.1, 0.15) is 6.10 Å². The second-order valence-electron chi connectivity index (χ2n) is 2.53. The Hall–Kier alpha value is -1.18. The van der Waals surface area contributed by atoms with Gasteiger partial charge >= 0.3 is 0 Å². The summed E-state index contributed by atoms with van der Waals surface area (Å²) in [6, 6.07) is 0. The second-order valence-corrected chi connectivity index (χ2v) is 2.53. The minimum absolute atomic E-state index is 0.157. The third-order valence-electron chi connectivity index (χ3n) is 1.78. The van der Waals surface area contributed by atoms with E-state index in [0.717, 1.165) is 5.70 Å². The number of hydrogen-bond donors (Lipinski definition) is 1. The highest BCUT2D eigenvalue weighted by Gasteiger charge is 2.22. The molecule has 0 aromatic carbocycles. The average molecular weight is 135 g/mol. The van der Waals surface area contributed by atoms with Crippen LogP contribution in [0.1, 0.15) is 0 Å². The molecule has 2 N–H and O–H groups in total. The fourth-order valence-corrected chi connectivity index (χ4v) is 1.22. The molecule has 10 heavy (non-hydrogen) atoms. The molecule has 1 aliphatic heterocycles. The molecule has 2 nitrogen and oxygen atoms in total. The Kier molecular flexibility index (Phi) is 1.07. The lowest BCUT2D eigenvalue weighted by molar-refractivity contribution is 0.191. The summed E-state index contributed by atoms with van der Waals surface area (Å²) in [6.45, 7) is 0. The van der Waals surface area contributed by atoms with Gasteiger partial charge in [-0.25, -0.2) is 0 Å². The fraction of sp³-hybridized carbons (Fsp3) is 0.250. The van der Waals surface area contributed by atoms with Crippen molar-refractivity contribution in [2.75, 3.05) is 0 Å². The van der Waals surface area contributed by atoms with Crippen LogP contribution in [0.2, 0.25) is 0 Å². The van der Waals surface area contributed by atoms with Gasteiger partial charge in [-0.1, -0.05) is 6.08 Å². The van der Waals surface area contributed by atoms with Crippen LogP contribution in [0.3, 0.4) is 0 Å². The van der Waals surface area contributed by atoms with Gasteiger partial charge in [-0.2, -0.15) is 0 Å². The molecule has 1 aliphatic carbocycles. The highest BCUT2D eigenvalue weighted by Crippen LogP contribution is 2.24. The van der Waals surface area contributed by atoms with Gasteiger partial charge in [0, 0.05) is 11.6 Å². The van der Waals surface area contributed by atoms with Gasteiger partial charge in [0.15, 0.2) is 0 Å². The summed E-state index contributed by atoms with van der Waals surface area (Å²) >= 11 is 0. The summed E-state index contributed by atoms with van der Waals surface area (Å²) < 4.78 is 5.24. The van der Waals surface area contributed by atoms with Gasteiger partial charge in [-0.15, -0.1) is 0 Å². The van der Waals surface area contributed by atoms with E-state index >= 15 is 0 Å². The van der Waals surface area contributed by atoms with Crippen molar-refractivity contribution in [3.63, 3.8) is 0 Å². The average Bonchev–Trinajstić information content (AvgIpc) is 2.33. The summed E-state index contributed by atoms with van der Waals surface area (Å²) in [7, 11) is 0. The first-order chi connectivity index (χ1) is 4.86. The summed E-state index contributed by atoms with van der Waals surface area (Å²) in [5.41, 5.74) is 6.35. The zero-order valence-electron chi connectivity index (χ0n) is 5.53. The lowest BCUT2D eigenvalue weighted by Gasteiger charge is -2.15. The predicted molar refractivity (Wildman–Crippen MR) is 38.9 cm³/mol. The molecular formula is C8H9NO. The van der Waals surface area contributed by atoms with Crippen molar-refractivity contribution in [2.24, 2.45) is 11.7 Å². The van der Waals surface area contributed by atoms with Gasteiger partial charge in [-0.05, 0) is 18.2 Å². The third kappa shape index (κ3) is 0.727. The first-order valence-electron chi connectivity index (χ1n) is 3.34. The summed E-state index contributed by atoms with van der Waals surface area (Å²) in [5.74, 6) is 0.410. The van der Waals surface area contributed by atoms with Crippen molar-refractivity contribution < 1.29 is 4.74 Å². The molecule has 0 radical (unpaired) electrons. The van der Waals surface area contributed by atoms with E-state index in [9.17, 15) is 0 Å². The summed E-state index contributed by atoms with van der Waals surface area (Å²) in [4.78, 5) is 0. The Bertz CT molecular complexity index is 227. The Morgan fingerprint density at radius 2 is 2.30 bits per heavy atom. The van der Waals surface area contributed by atoms with E-state index in [0.29, 0.717) is 5.92 Å². The van der Waals surface area contributed by atoms with E-state index in [1.165, 1.54) is 0 Å². The molecule has 2 aliphatic rings. The molecule has 0 aromatic heterocycles. The van der Waals surface area contributed by atoms with Crippen LogP contribution in [0.4, 0.5) is 0 Å². The molecule has 52 valence electrons. The van der Waals surface area contributed by atoms with E-state index in [1.807, 2.05) is 18.2 Å². The normalized spacial score (nSPS) is 35.0. The van der Waals surface area contributed by atoms with Crippen molar-refractivity contribution >= 4 is 0 Å². The number of hydrogen-bond acceptors (Lipinski definition) is 2. The monoisotopic (exact) mass is 135 g/mol. The molecular weight excluding hydrogens is 126 g/mol. The SMILES string of the molecule is NC1=CC2OC=CC2C=C1. The van der Waals surface area contributed by atoms with Crippen molar-refractivity contribution in [1.29, 1.82) is 0 Å². The van der Waals surface area contributed by atoms with Crippen LogP contribution in [0, 0.1) is 5.92 Å². The molecule has 0 bridgehead atoms. The number of nitrogens with two attached hydrogens (primary N) is 1. The Morgan fingerprint density at radius 1 is 1.40 bits per heavy atom. The van der Waals surface area contributed by atoms with Gasteiger partial charge in [0.05, 0.1) is 6.26 Å². The van der Waals surface area contributed by atoms with Crippen molar-refractivity contribution in [3.05, 3.63) is 36.3 Å². The first kappa shape index (κ1) is 5.59. The highest BCUT2D eigenvalue weighted by molar-refractivity contribution is 5.28. The quantitative estimate of drug-likeness (QED) is 0.536. The number of ether oxygens (including phenoxy) is 1. The number of allylic oxidation sites excluding steroid dienone is 1. The largest absolute Gasteiger partial charge is 0.493 e. The van der Waals surface area contributed by atoms with Gasteiger partial charge in [0.2, 0.25) is 0 Å². The molecule has 0 aromatic rings. The standard InChI is InChI=1S/C8H9NO/c9-7-2-1-6-3-4-10-8(6)5-7/h1-6,8H,9H2. The van der Waals surface area contributed by atoms with Gasteiger partial charge in [0.25, 0.3) is 0 Å². The maximum Gasteiger partial charge on any atom is 0.128 e. The van der Waals surface area contributed by atoms with Crippen LogP contribution < -0.4 is 5.73 Å². The number of rotatable bonds is 0. The molecule has 0 spiro atoms. The van der Waals surface area contributed by atoms with E-state index < -0.39 is 0 Å². The zero-order chi connectivity index (χ0) is 6.97. The lowest BCUT2D eigenvalue weighted by atomic mass is 9.98. The van der Waals surface area contributed by atoms with Crippen LogP contribution in [-0.2, 0) is 4.74 Å². The van der Waals surface area contributed by atoms with E-state index in [4.69, 9.17) is 10.5 Å². The van der Waals surface area contributed by atoms with Crippen LogP contribution in [-0.4, -0.2) is 6.10 Å². The molecule has 0 fully saturated rings. The molecule has 0 saturated carbocycles. The Labute approximate surface area is 59.7 Å². The minimum atomic E-state index is 0.157. The van der Waals surface area contributed by atoms with Crippen molar-refractivity contribution in [2.45, 2.75) is 6.10 Å². The van der Waals surface area contributed by atoms with Crippen LogP contribution in [0.5, 0.6) is 0 Å². The van der Waals surface area contributed by atoms with Crippen molar-refractivity contribution in [1.82, 2.24) is 0 Å². The smallest absolute Gasteiger partial charge is 0.128 e. The Morgan fingerprint density at radius 3 is 3.20 bits per heavy atom. The zero-order valence-corrected chi connectivity index (χ0v) is 5.53. The van der Waals surface area contributed by atoms with Gasteiger partial charge < -0.3 is 10.5 Å². The predicted octanol–water partition coefficient (Wildman–Crippen LogP) is 0.928. The van der Waals surface area contributed by atoms with Gasteiger partial charge in [-0.3, -0.25) is 0 Å². The Balaban J connectivity index is 2.25. The van der Waals surface area contributed by atoms with E-state index in [-0.39, 0.29) is 6.10 Å². The van der Waals surface area contributed by atoms with Crippen LogP contribution in [0.25, 0.3) is 0 Å². The summed E-state index contributed by atoms with van der Waals surface area (Å²) in [6.07, 6.45) is 9.83. The molecule has 2 unspecified atom stereocenters. The lowest BCUT2D eigenvalue weighted by Crippen LogP contribution is -2.17. The minimum Gasteiger partial charge on any atom is -0.493 e. The molecule has 0 amide bonds. The topological polar surface area (TPSA) is 35.2 Å². The molecule has 0 saturated heterocycles. The molecule has 2 rings (SSSR count). The van der Waals surface area contributed by atoms with Crippen LogP contribution >= 0.6 is 0 Å². The molecule has 2 heteroatoms. The summed E-state index contributed by atoms with van der Waals surface area (Å²) in [5, 5.41) is 0. The highest BCUT2D eigenvalue weighted by atomic mass is 16.5. The number of fused-ring (bicyclic) bond motifs is 1. The van der Waals surface area contributed by atoms with Crippen LogP contribution in [0.15, 0.2) is 36.3 Å². The third-order valence-corrected chi connectivity index (χ3v) is 1.78. The first-order valence-corrected chi connectivity index (χ1v) is 3.34. The van der Waals surface area contributed by atoms with Crippen molar-refractivity contribution in [3.8, 4) is 0 Å².